The number of aryl methyl sites for hydroxylation is 1. The number of benzene rings is 2. The van der Waals surface area contributed by atoms with E-state index in [1.165, 1.54) is 0 Å². The van der Waals surface area contributed by atoms with E-state index in [0.717, 1.165) is 48.4 Å². The van der Waals surface area contributed by atoms with Crippen molar-refractivity contribution in [3.8, 4) is 6.07 Å². The summed E-state index contributed by atoms with van der Waals surface area (Å²) in [6.07, 6.45) is 2.72. The lowest BCUT2D eigenvalue weighted by Gasteiger charge is -2.34. The quantitative estimate of drug-likeness (QED) is 0.806. The predicted molar refractivity (Wildman–Crippen MR) is 113 cm³/mol. The molecule has 2 heterocycles. The van der Waals surface area contributed by atoms with E-state index >= 15 is 0 Å². The number of hydrogen-bond donors (Lipinski definition) is 1. The number of fused-ring (bicyclic) bond motifs is 3. The number of hydrogen-bond acceptors (Lipinski definition) is 5. The SMILES string of the molecule is N#Cc1ccc(N2N=C3c4ccc(C(=O)O)cc4CC[C@H]3[C@H]2C2CCOC2)cc1Cl. The number of carboxylic acids is 1. The summed E-state index contributed by atoms with van der Waals surface area (Å²) >= 11 is 6.32. The van der Waals surface area contributed by atoms with Gasteiger partial charge in [0.05, 0.1) is 40.2 Å². The van der Waals surface area contributed by atoms with Crippen molar-refractivity contribution in [1.29, 1.82) is 5.26 Å². The van der Waals surface area contributed by atoms with Gasteiger partial charge in [-0.1, -0.05) is 17.7 Å². The number of halogens is 1. The van der Waals surface area contributed by atoms with E-state index in [1.54, 1.807) is 24.3 Å². The lowest BCUT2D eigenvalue weighted by Crippen LogP contribution is -2.41. The minimum atomic E-state index is -0.914. The number of carboxylic acid groups (broad SMARTS) is 1. The molecule has 2 aromatic rings. The van der Waals surface area contributed by atoms with E-state index in [2.05, 4.69) is 6.07 Å². The van der Waals surface area contributed by atoms with Crippen LogP contribution in [-0.2, 0) is 11.2 Å². The highest BCUT2D eigenvalue weighted by Gasteiger charge is 2.46. The first kappa shape index (κ1) is 19.1. The van der Waals surface area contributed by atoms with Crippen LogP contribution in [0.3, 0.4) is 0 Å². The third kappa shape index (κ3) is 3.06. The van der Waals surface area contributed by atoms with Crippen LogP contribution in [0.25, 0.3) is 0 Å². The lowest BCUT2D eigenvalue weighted by atomic mass is 9.75. The molecular formula is C23H20ClN3O3. The molecule has 1 saturated heterocycles. The van der Waals surface area contributed by atoms with Crippen LogP contribution >= 0.6 is 11.6 Å². The fourth-order valence-corrected chi connectivity index (χ4v) is 5.18. The molecule has 7 heteroatoms. The molecular weight excluding hydrogens is 402 g/mol. The largest absolute Gasteiger partial charge is 0.478 e. The van der Waals surface area contributed by atoms with Crippen molar-refractivity contribution in [3.05, 3.63) is 63.7 Å². The maximum Gasteiger partial charge on any atom is 0.335 e. The van der Waals surface area contributed by atoms with E-state index in [-0.39, 0.29) is 12.0 Å². The maximum atomic E-state index is 11.4. The molecule has 2 aromatic carbocycles. The summed E-state index contributed by atoms with van der Waals surface area (Å²) in [6, 6.07) is 13.0. The van der Waals surface area contributed by atoms with E-state index in [4.69, 9.17) is 21.4 Å². The number of anilines is 1. The highest BCUT2D eigenvalue weighted by Crippen LogP contribution is 2.43. The zero-order chi connectivity index (χ0) is 20.8. The molecule has 0 bridgehead atoms. The number of aromatic carboxylic acids is 1. The van der Waals surface area contributed by atoms with E-state index in [1.807, 2.05) is 17.1 Å². The number of nitriles is 1. The zero-order valence-electron chi connectivity index (χ0n) is 16.2. The summed E-state index contributed by atoms with van der Waals surface area (Å²) in [7, 11) is 0. The van der Waals surface area contributed by atoms with E-state index < -0.39 is 5.97 Å². The smallest absolute Gasteiger partial charge is 0.335 e. The summed E-state index contributed by atoms with van der Waals surface area (Å²) in [5.41, 5.74) is 4.68. The topological polar surface area (TPSA) is 85.9 Å². The maximum absolute atomic E-state index is 11.4. The number of ether oxygens (including phenoxy) is 1. The van der Waals surface area contributed by atoms with Gasteiger partial charge in [-0.2, -0.15) is 10.4 Å². The normalized spacial score (nSPS) is 24.7. The molecule has 3 aliphatic rings. The Morgan fingerprint density at radius 1 is 1.27 bits per heavy atom. The Kier molecular flexibility index (Phi) is 4.73. The number of hydrazone groups is 1. The molecule has 1 N–H and O–H groups in total. The first-order valence-electron chi connectivity index (χ1n) is 10.1. The van der Waals surface area contributed by atoms with Gasteiger partial charge >= 0.3 is 5.97 Å². The van der Waals surface area contributed by atoms with Crippen LogP contribution in [0.1, 0.15) is 39.9 Å². The van der Waals surface area contributed by atoms with Gasteiger partial charge in [0.15, 0.2) is 0 Å². The highest BCUT2D eigenvalue weighted by atomic mass is 35.5. The van der Waals surface area contributed by atoms with Crippen molar-refractivity contribution in [3.63, 3.8) is 0 Å². The summed E-state index contributed by atoms with van der Waals surface area (Å²) in [5, 5.41) is 26.0. The molecule has 0 aromatic heterocycles. The molecule has 2 aliphatic heterocycles. The van der Waals surface area contributed by atoms with E-state index in [9.17, 15) is 15.2 Å². The lowest BCUT2D eigenvalue weighted by molar-refractivity contribution is 0.0696. The van der Waals surface area contributed by atoms with Crippen LogP contribution < -0.4 is 5.01 Å². The van der Waals surface area contributed by atoms with Gasteiger partial charge in [-0.3, -0.25) is 5.01 Å². The minimum Gasteiger partial charge on any atom is -0.478 e. The van der Waals surface area contributed by atoms with E-state index in [0.29, 0.717) is 28.7 Å². The number of carbonyl (C=O) groups is 1. The molecule has 0 amide bonds. The average Bonchev–Trinajstić information content (AvgIpc) is 3.40. The Bertz CT molecular complexity index is 1100. The molecule has 0 spiro atoms. The van der Waals surface area contributed by atoms with Gasteiger partial charge in [0, 0.05) is 24.0 Å². The van der Waals surface area contributed by atoms with Crippen molar-refractivity contribution in [2.45, 2.75) is 25.3 Å². The second-order valence-corrected chi connectivity index (χ2v) is 8.45. The number of nitrogens with zero attached hydrogens (tertiary/aromatic N) is 3. The van der Waals surface area contributed by atoms with Crippen molar-refractivity contribution >= 4 is 29.0 Å². The van der Waals surface area contributed by atoms with Crippen molar-refractivity contribution < 1.29 is 14.6 Å². The Morgan fingerprint density at radius 3 is 2.83 bits per heavy atom. The molecule has 5 rings (SSSR count). The van der Waals surface area contributed by atoms with Crippen molar-refractivity contribution in [1.82, 2.24) is 0 Å². The third-order valence-electron chi connectivity index (χ3n) is 6.40. The summed E-state index contributed by atoms with van der Waals surface area (Å²) in [4.78, 5) is 11.4. The first-order chi connectivity index (χ1) is 14.6. The van der Waals surface area contributed by atoms with Gasteiger partial charge in [0.2, 0.25) is 0 Å². The Balaban J connectivity index is 1.59. The standard InChI is InChI=1S/C23H20ClN3O3/c24-20-10-17(4-1-15(20)11-25)27-22(16-7-8-30-12-16)19-6-2-13-9-14(23(28)29)3-5-18(13)21(19)26-27/h1,3-5,9-10,16,19,22H,2,6-8,12H2,(H,28,29)/t16?,19-,22-/m1/s1. The highest BCUT2D eigenvalue weighted by molar-refractivity contribution is 6.32. The molecule has 1 fully saturated rings. The number of rotatable bonds is 3. The molecule has 152 valence electrons. The van der Waals surface area contributed by atoms with Gasteiger partial charge in [0.25, 0.3) is 0 Å². The molecule has 0 saturated carbocycles. The van der Waals surface area contributed by atoms with Crippen molar-refractivity contribution in [2.75, 3.05) is 18.2 Å². The van der Waals surface area contributed by atoms with Gasteiger partial charge in [-0.15, -0.1) is 0 Å². The summed E-state index contributed by atoms with van der Waals surface area (Å²) in [5.74, 6) is -0.317. The van der Waals surface area contributed by atoms with Crippen LogP contribution in [0.2, 0.25) is 5.02 Å². The van der Waals surface area contributed by atoms with Gasteiger partial charge in [-0.05, 0) is 55.2 Å². The summed E-state index contributed by atoms with van der Waals surface area (Å²) < 4.78 is 5.69. The molecule has 30 heavy (non-hydrogen) atoms. The minimum absolute atomic E-state index is 0.152. The van der Waals surface area contributed by atoms with Crippen LogP contribution in [0, 0.1) is 23.2 Å². The van der Waals surface area contributed by atoms with Crippen molar-refractivity contribution in [2.24, 2.45) is 16.9 Å². The van der Waals surface area contributed by atoms with Gasteiger partial charge in [-0.25, -0.2) is 4.79 Å². The second kappa shape index (κ2) is 7.42. The molecule has 0 radical (unpaired) electrons. The van der Waals surface area contributed by atoms with Crippen LogP contribution in [-0.4, -0.2) is 36.0 Å². The zero-order valence-corrected chi connectivity index (χ0v) is 17.0. The molecule has 1 unspecified atom stereocenters. The summed E-state index contributed by atoms with van der Waals surface area (Å²) in [6.45, 7) is 1.46. The predicted octanol–water partition coefficient (Wildman–Crippen LogP) is 4.10. The molecule has 3 atom stereocenters. The van der Waals surface area contributed by atoms with Crippen LogP contribution in [0.15, 0.2) is 41.5 Å². The fourth-order valence-electron chi connectivity index (χ4n) is 4.96. The van der Waals surface area contributed by atoms with Crippen LogP contribution in [0.5, 0.6) is 0 Å². The average molecular weight is 422 g/mol. The second-order valence-electron chi connectivity index (χ2n) is 8.04. The molecule has 6 nitrogen and oxygen atoms in total. The third-order valence-corrected chi connectivity index (χ3v) is 6.71. The van der Waals surface area contributed by atoms with Gasteiger partial charge in [0.1, 0.15) is 6.07 Å². The van der Waals surface area contributed by atoms with Crippen LogP contribution in [0.4, 0.5) is 5.69 Å². The molecule has 1 aliphatic carbocycles. The first-order valence-corrected chi connectivity index (χ1v) is 10.5. The Hall–Kier alpha value is -2.88. The van der Waals surface area contributed by atoms with Gasteiger partial charge < -0.3 is 9.84 Å². The Labute approximate surface area is 179 Å². The fraction of sp³-hybridized carbons (Fsp3) is 0.348. The Morgan fingerprint density at radius 2 is 2.13 bits per heavy atom. The monoisotopic (exact) mass is 421 g/mol.